The Morgan fingerprint density at radius 3 is 2.38 bits per heavy atom. The Morgan fingerprint density at radius 2 is 1.83 bits per heavy atom. The van der Waals surface area contributed by atoms with E-state index in [0.29, 0.717) is 24.0 Å². The van der Waals surface area contributed by atoms with E-state index < -0.39 is 5.97 Å². The first-order valence-corrected chi connectivity index (χ1v) is 10.8. The van der Waals surface area contributed by atoms with E-state index in [4.69, 9.17) is 11.1 Å². The summed E-state index contributed by atoms with van der Waals surface area (Å²) in [7, 11) is 0. The lowest BCUT2D eigenvalue weighted by atomic mass is 9.56. The fourth-order valence-corrected chi connectivity index (χ4v) is 5.35. The van der Waals surface area contributed by atoms with Crippen LogP contribution < -0.4 is 11.1 Å². The molecule has 2 fully saturated rings. The molecule has 6 heteroatoms. The first kappa shape index (κ1) is 21.5. The van der Waals surface area contributed by atoms with Gasteiger partial charge in [0.1, 0.15) is 5.84 Å². The predicted octanol–water partition coefficient (Wildman–Crippen LogP) is 3.44. The Hall–Kier alpha value is -2.21. The van der Waals surface area contributed by atoms with Crippen molar-refractivity contribution in [1.29, 1.82) is 5.41 Å². The first-order chi connectivity index (χ1) is 13.9. The fourth-order valence-electron chi connectivity index (χ4n) is 5.35. The van der Waals surface area contributed by atoms with Crippen molar-refractivity contribution in [3.63, 3.8) is 0 Å². The molecular formula is C23H33N3O3. The highest BCUT2D eigenvalue weighted by Crippen LogP contribution is 2.51. The van der Waals surface area contributed by atoms with E-state index >= 15 is 0 Å². The lowest BCUT2D eigenvalue weighted by molar-refractivity contribution is -0.142. The Morgan fingerprint density at radius 1 is 1.21 bits per heavy atom. The average molecular weight is 400 g/mol. The molecule has 5 N–H and O–H groups in total. The summed E-state index contributed by atoms with van der Waals surface area (Å²) in [5, 5.41) is 20.4. The van der Waals surface area contributed by atoms with Crippen LogP contribution in [0.4, 0.5) is 0 Å². The van der Waals surface area contributed by atoms with E-state index in [-0.39, 0.29) is 34.8 Å². The number of hydrogen-bond donors (Lipinski definition) is 4. The third kappa shape index (κ3) is 4.69. The number of carboxylic acids is 1. The molecule has 1 aromatic carbocycles. The Balaban J connectivity index is 1.83. The lowest BCUT2D eigenvalue weighted by Crippen LogP contribution is -2.48. The quantitative estimate of drug-likeness (QED) is 0.318. The number of hydrogen-bond acceptors (Lipinski definition) is 4. The second kappa shape index (κ2) is 9.08. The summed E-state index contributed by atoms with van der Waals surface area (Å²) >= 11 is 0. The molecule has 1 aromatic rings. The summed E-state index contributed by atoms with van der Waals surface area (Å²) in [6, 6.07) is 7.04. The predicted molar refractivity (Wildman–Crippen MR) is 113 cm³/mol. The van der Waals surface area contributed by atoms with E-state index in [0.717, 1.165) is 45.2 Å². The van der Waals surface area contributed by atoms with Crippen molar-refractivity contribution in [2.24, 2.45) is 28.9 Å². The number of carboxylic acid groups (broad SMARTS) is 1. The van der Waals surface area contributed by atoms with E-state index in [1.54, 1.807) is 24.3 Å². The van der Waals surface area contributed by atoms with Crippen LogP contribution in [0.1, 0.15) is 67.8 Å². The summed E-state index contributed by atoms with van der Waals surface area (Å²) in [5.74, 6) is -0.684. The number of nitrogens with two attached hydrogens (primary N) is 1. The van der Waals surface area contributed by atoms with Crippen molar-refractivity contribution < 1.29 is 14.7 Å². The van der Waals surface area contributed by atoms with Gasteiger partial charge in [-0.1, -0.05) is 31.2 Å². The molecule has 1 heterocycles. The molecule has 0 aromatic heterocycles. The van der Waals surface area contributed by atoms with Crippen LogP contribution in [-0.2, 0) is 4.79 Å². The molecule has 1 aliphatic carbocycles. The molecule has 6 nitrogen and oxygen atoms in total. The molecule has 1 saturated heterocycles. The van der Waals surface area contributed by atoms with Gasteiger partial charge in [0.2, 0.25) is 0 Å². The van der Waals surface area contributed by atoms with E-state index in [1.165, 1.54) is 0 Å². The third-order valence-electron chi connectivity index (χ3n) is 7.21. The summed E-state index contributed by atoms with van der Waals surface area (Å²) < 4.78 is 0. The number of aliphatic carboxylic acids is 1. The maximum Gasteiger partial charge on any atom is 0.306 e. The zero-order chi connectivity index (χ0) is 21.0. The van der Waals surface area contributed by atoms with Crippen LogP contribution in [-0.4, -0.2) is 35.8 Å². The van der Waals surface area contributed by atoms with Gasteiger partial charge in [0.25, 0.3) is 0 Å². The maximum atomic E-state index is 13.6. The van der Waals surface area contributed by atoms with Gasteiger partial charge in [-0.05, 0) is 69.4 Å². The molecular weight excluding hydrogens is 366 g/mol. The van der Waals surface area contributed by atoms with Crippen LogP contribution in [0.25, 0.3) is 0 Å². The van der Waals surface area contributed by atoms with Gasteiger partial charge in [0.05, 0.1) is 5.92 Å². The van der Waals surface area contributed by atoms with Gasteiger partial charge in [-0.3, -0.25) is 15.0 Å². The number of carbonyl (C=O) groups is 2. The normalized spacial score (nSPS) is 24.7. The minimum Gasteiger partial charge on any atom is -0.481 e. The highest BCUT2D eigenvalue weighted by molar-refractivity contribution is 6.00. The lowest BCUT2D eigenvalue weighted by Gasteiger charge is -2.49. The summed E-state index contributed by atoms with van der Waals surface area (Å²) in [4.78, 5) is 25.1. The minimum atomic E-state index is -0.725. The van der Waals surface area contributed by atoms with Crippen LogP contribution in [0.3, 0.4) is 0 Å². The first-order valence-electron chi connectivity index (χ1n) is 10.8. The van der Waals surface area contributed by atoms with Crippen molar-refractivity contribution in [3.05, 3.63) is 35.4 Å². The van der Waals surface area contributed by atoms with Gasteiger partial charge in [-0.25, -0.2) is 0 Å². The number of piperidine rings is 1. The summed E-state index contributed by atoms with van der Waals surface area (Å²) in [6.07, 6.45) is 6.07. The van der Waals surface area contributed by atoms with Crippen LogP contribution in [0.2, 0.25) is 0 Å². The third-order valence-corrected chi connectivity index (χ3v) is 7.21. The molecule has 1 spiro atoms. The van der Waals surface area contributed by atoms with Crippen LogP contribution >= 0.6 is 0 Å². The standard InChI is InChI=1S/C23H33N3O3/c1-2-16(22(28)29)13-15-7-8-23(9-11-26-12-10-23)19(14-15)20(27)17-3-5-18(6-4-17)21(24)25/h3-6,15-16,19,26H,2,7-14H2,1H3,(H3,24,25)(H,28,29). The van der Waals surface area contributed by atoms with Gasteiger partial charge in [-0.2, -0.15) is 0 Å². The Bertz CT molecular complexity index is 753. The summed E-state index contributed by atoms with van der Waals surface area (Å²) in [6.45, 7) is 3.80. The fraction of sp³-hybridized carbons (Fsp3) is 0.609. The maximum absolute atomic E-state index is 13.6. The summed E-state index contributed by atoms with van der Waals surface area (Å²) in [5.41, 5.74) is 6.84. The van der Waals surface area contributed by atoms with Gasteiger partial charge < -0.3 is 16.2 Å². The molecule has 3 unspecified atom stereocenters. The monoisotopic (exact) mass is 399 g/mol. The number of rotatable bonds is 7. The molecule has 0 amide bonds. The van der Waals surface area contributed by atoms with Crippen molar-refractivity contribution in [3.8, 4) is 0 Å². The number of nitrogen functional groups attached to an aromatic ring is 1. The molecule has 0 radical (unpaired) electrons. The van der Waals surface area contributed by atoms with Crippen molar-refractivity contribution in [1.82, 2.24) is 5.32 Å². The molecule has 1 saturated carbocycles. The van der Waals surface area contributed by atoms with Gasteiger partial charge in [0, 0.05) is 17.0 Å². The highest BCUT2D eigenvalue weighted by atomic mass is 16.4. The molecule has 158 valence electrons. The van der Waals surface area contributed by atoms with E-state index in [2.05, 4.69) is 5.32 Å². The average Bonchev–Trinajstić information content (AvgIpc) is 2.73. The van der Waals surface area contributed by atoms with Gasteiger partial charge in [-0.15, -0.1) is 0 Å². The van der Waals surface area contributed by atoms with E-state index in [1.807, 2.05) is 6.92 Å². The molecule has 3 atom stereocenters. The number of amidine groups is 1. The Labute approximate surface area is 172 Å². The molecule has 29 heavy (non-hydrogen) atoms. The molecule has 1 aliphatic heterocycles. The zero-order valence-electron chi connectivity index (χ0n) is 17.2. The molecule has 2 aliphatic rings. The number of nitrogens with one attached hydrogen (secondary N) is 2. The van der Waals surface area contributed by atoms with Crippen LogP contribution in [0.5, 0.6) is 0 Å². The number of ketones is 1. The van der Waals surface area contributed by atoms with Crippen LogP contribution in [0, 0.1) is 28.6 Å². The van der Waals surface area contributed by atoms with Crippen molar-refractivity contribution in [2.75, 3.05) is 13.1 Å². The number of Topliss-reactive ketones (excluding diaryl/α,β-unsaturated/α-hetero) is 1. The zero-order valence-corrected chi connectivity index (χ0v) is 17.2. The second-order valence-corrected chi connectivity index (χ2v) is 8.84. The molecule has 3 rings (SSSR count). The highest BCUT2D eigenvalue weighted by Gasteiger charge is 2.47. The second-order valence-electron chi connectivity index (χ2n) is 8.84. The minimum absolute atomic E-state index is 0.00386. The number of benzene rings is 1. The SMILES string of the molecule is CCC(CC1CCC2(CCNCC2)C(C(=O)c2ccc(C(=N)N)cc2)C1)C(=O)O. The smallest absolute Gasteiger partial charge is 0.306 e. The molecule has 0 bridgehead atoms. The van der Waals surface area contributed by atoms with Gasteiger partial charge >= 0.3 is 5.97 Å². The Kier molecular flexibility index (Phi) is 6.73. The largest absolute Gasteiger partial charge is 0.481 e. The van der Waals surface area contributed by atoms with E-state index in [9.17, 15) is 14.7 Å². The van der Waals surface area contributed by atoms with Crippen molar-refractivity contribution >= 4 is 17.6 Å². The van der Waals surface area contributed by atoms with Gasteiger partial charge in [0.15, 0.2) is 5.78 Å². The number of carbonyl (C=O) groups excluding carboxylic acids is 1. The van der Waals surface area contributed by atoms with Crippen molar-refractivity contribution in [2.45, 2.75) is 51.9 Å². The van der Waals surface area contributed by atoms with Crippen LogP contribution in [0.15, 0.2) is 24.3 Å². The topological polar surface area (TPSA) is 116 Å².